The Morgan fingerprint density at radius 1 is 0.951 bits per heavy atom. The van der Waals surface area contributed by atoms with Crippen LogP contribution in [-0.4, -0.2) is 54.9 Å². The van der Waals surface area contributed by atoms with Gasteiger partial charge in [0.2, 0.25) is 0 Å². The number of aliphatic hydroxyl groups excluding tert-OH is 1. The Labute approximate surface area is 252 Å². The molecule has 0 aliphatic heterocycles. The zero-order chi connectivity index (χ0) is 29.0. The first kappa shape index (κ1) is 31.5. The minimum Gasteiger partial charge on any atom is -0.393 e. The third kappa shape index (κ3) is 6.47. The lowest BCUT2D eigenvalue weighted by Crippen LogP contribution is -2.59. The van der Waals surface area contributed by atoms with E-state index in [4.69, 9.17) is 0 Å². The van der Waals surface area contributed by atoms with E-state index in [0.717, 1.165) is 63.4 Å². The van der Waals surface area contributed by atoms with Crippen molar-refractivity contribution in [3.63, 3.8) is 0 Å². The molecule has 232 valence electrons. The molecule has 0 amide bonds. The molecule has 4 aliphatic rings. The highest BCUT2D eigenvalue weighted by molar-refractivity contribution is 5.15. The average Bonchev–Trinajstić information content (AvgIpc) is 3.35. The summed E-state index contributed by atoms with van der Waals surface area (Å²) in [4.78, 5) is 2.50. The number of nitrogens with one attached hydrogen (secondary N) is 2. The highest BCUT2D eigenvalue weighted by Crippen LogP contribution is 2.68. The lowest BCUT2D eigenvalue weighted by Gasteiger charge is -2.62. The quantitative estimate of drug-likeness (QED) is 0.223. The number of likely N-dealkylation sites (N-methyl/N-ethyl adjacent to an activating group) is 1. The van der Waals surface area contributed by atoms with E-state index in [1.54, 1.807) is 0 Å². The topological polar surface area (TPSA) is 47.5 Å². The Morgan fingerprint density at radius 2 is 1.73 bits per heavy atom. The molecule has 0 heterocycles. The van der Waals surface area contributed by atoms with Crippen molar-refractivity contribution in [3.8, 4) is 0 Å². The second-order valence-electron chi connectivity index (χ2n) is 15.2. The number of nitrogens with zero attached hydrogens (tertiary/aromatic N) is 1. The fraction of sp³-hybridized carbons (Fsp3) is 0.838. The maximum absolute atomic E-state index is 12.0. The monoisotopic (exact) mass is 565 g/mol. The molecule has 0 aromatic heterocycles. The van der Waals surface area contributed by atoms with Crippen molar-refractivity contribution in [2.75, 3.05) is 32.7 Å². The van der Waals surface area contributed by atoms with E-state index >= 15 is 0 Å². The van der Waals surface area contributed by atoms with Gasteiger partial charge in [-0.3, -0.25) is 0 Å². The minimum atomic E-state index is -0.125. The van der Waals surface area contributed by atoms with Gasteiger partial charge in [0.25, 0.3) is 0 Å². The van der Waals surface area contributed by atoms with E-state index in [9.17, 15) is 5.11 Å². The smallest absolute Gasteiger partial charge is 0.0602 e. The maximum Gasteiger partial charge on any atom is 0.0602 e. The second-order valence-corrected chi connectivity index (χ2v) is 15.2. The summed E-state index contributed by atoms with van der Waals surface area (Å²) in [6.45, 7) is 18.9. The fourth-order valence-electron chi connectivity index (χ4n) is 10.9. The van der Waals surface area contributed by atoms with E-state index < -0.39 is 0 Å². The molecule has 1 aromatic carbocycles. The summed E-state index contributed by atoms with van der Waals surface area (Å²) < 4.78 is 0. The van der Waals surface area contributed by atoms with Crippen LogP contribution in [0.3, 0.4) is 0 Å². The first-order valence-electron chi connectivity index (χ1n) is 17.7. The van der Waals surface area contributed by atoms with Crippen LogP contribution in [0, 0.1) is 46.3 Å². The summed E-state index contributed by atoms with van der Waals surface area (Å²) in [5, 5.41) is 19.6. The van der Waals surface area contributed by atoms with E-state index in [2.05, 4.69) is 80.5 Å². The SMILES string of the molecule is CCN(CC)CCNCCC[C@@H](C)[C@H]1CC[C@H]2[C@@H]3CC[C@@H]4C[C@@H](NCc5ccccc5)CC[C@]4(C)[C@H]3C[C@H](O)[C@]12C. The van der Waals surface area contributed by atoms with Crippen LogP contribution in [0.4, 0.5) is 0 Å². The fourth-order valence-corrected chi connectivity index (χ4v) is 10.9. The molecule has 4 fully saturated rings. The van der Waals surface area contributed by atoms with E-state index in [1.165, 1.54) is 63.4 Å². The van der Waals surface area contributed by atoms with Gasteiger partial charge in [-0.15, -0.1) is 0 Å². The van der Waals surface area contributed by atoms with Crippen LogP contribution in [0.5, 0.6) is 0 Å². The van der Waals surface area contributed by atoms with Crippen LogP contribution in [0.2, 0.25) is 0 Å². The second kappa shape index (κ2) is 13.8. The predicted molar refractivity (Wildman–Crippen MR) is 173 cm³/mol. The predicted octanol–water partition coefficient (Wildman–Crippen LogP) is 7.12. The Bertz CT molecular complexity index is 935. The van der Waals surface area contributed by atoms with E-state index in [0.29, 0.717) is 29.2 Å². The number of hydrogen-bond acceptors (Lipinski definition) is 4. The van der Waals surface area contributed by atoms with Crippen LogP contribution in [0.1, 0.15) is 104 Å². The standard InChI is InChI=1S/C37H63N3O/c1-6-40(7-2)23-22-38-21-11-12-27(3)32-17-18-33-31-16-15-29-24-30(39-26-28-13-9-8-10-14-28)19-20-36(29,4)34(31)25-35(41)37(32,33)5/h8-10,13-14,27,29-35,38-39,41H,6-7,11-12,15-26H2,1-5H3/t27-,29-,30+,31+,32-,33+,34+,35+,36+,37-/m1/s1. The molecular weight excluding hydrogens is 502 g/mol. The lowest BCUT2D eigenvalue weighted by atomic mass is 9.43. The van der Waals surface area contributed by atoms with E-state index in [1.807, 2.05) is 0 Å². The van der Waals surface area contributed by atoms with Gasteiger partial charge in [-0.1, -0.05) is 65.0 Å². The van der Waals surface area contributed by atoms with Gasteiger partial charge in [-0.05, 0) is 136 Å². The van der Waals surface area contributed by atoms with Gasteiger partial charge in [0.1, 0.15) is 0 Å². The van der Waals surface area contributed by atoms with Gasteiger partial charge in [0.05, 0.1) is 6.10 Å². The van der Waals surface area contributed by atoms with Gasteiger partial charge in [0, 0.05) is 25.7 Å². The first-order valence-corrected chi connectivity index (χ1v) is 17.7. The Hall–Kier alpha value is -0.940. The number of benzene rings is 1. The molecule has 0 saturated heterocycles. The highest BCUT2D eigenvalue weighted by atomic mass is 16.3. The molecule has 4 heteroatoms. The normalized spacial score (nSPS) is 39.2. The van der Waals surface area contributed by atoms with Crippen molar-refractivity contribution in [2.45, 2.75) is 118 Å². The molecule has 5 rings (SSSR count). The summed E-state index contributed by atoms with van der Waals surface area (Å²) in [6.07, 6.45) is 12.9. The molecule has 3 N–H and O–H groups in total. The van der Waals surface area contributed by atoms with Gasteiger partial charge in [-0.2, -0.15) is 0 Å². The van der Waals surface area contributed by atoms with Gasteiger partial charge >= 0.3 is 0 Å². The van der Waals surface area contributed by atoms with Gasteiger partial charge < -0.3 is 20.6 Å². The molecule has 0 unspecified atom stereocenters. The zero-order valence-corrected chi connectivity index (χ0v) is 27.2. The van der Waals surface area contributed by atoms with Crippen molar-refractivity contribution < 1.29 is 5.11 Å². The summed E-state index contributed by atoms with van der Waals surface area (Å²) in [6, 6.07) is 11.5. The Balaban J connectivity index is 1.14. The maximum atomic E-state index is 12.0. The molecule has 4 saturated carbocycles. The molecule has 41 heavy (non-hydrogen) atoms. The number of aliphatic hydroxyl groups is 1. The van der Waals surface area contributed by atoms with Crippen molar-refractivity contribution in [1.29, 1.82) is 0 Å². The summed E-state index contributed by atoms with van der Waals surface area (Å²) in [5.74, 6) is 4.47. The van der Waals surface area contributed by atoms with Crippen LogP contribution in [0.15, 0.2) is 30.3 Å². The molecular formula is C37H63N3O. The van der Waals surface area contributed by atoms with Crippen molar-refractivity contribution >= 4 is 0 Å². The number of fused-ring (bicyclic) bond motifs is 5. The Morgan fingerprint density at radius 3 is 2.49 bits per heavy atom. The Kier molecular flexibility index (Phi) is 10.6. The van der Waals surface area contributed by atoms with Crippen molar-refractivity contribution in [1.82, 2.24) is 15.5 Å². The van der Waals surface area contributed by atoms with E-state index in [-0.39, 0.29) is 11.5 Å². The third-order valence-electron chi connectivity index (χ3n) is 13.5. The third-order valence-corrected chi connectivity index (χ3v) is 13.5. The molecule has 0 spiro atoms. The first-order chi connectivity index (χ1) is 19.8. The molecule has 0 radical (unpaired) electrons. The average molecular weight is 566 g/mol. The molecule has 4 aliphatic carbocycles. The molecule has 0 bridgehead atoms. The zero-order valence-electron chi connectivity index (χ0n) is 27.2. The largest absolute Gasteiger partial charge is 0.393 e. The lowest BCUT2D eigenvalue weighted by molar-refractivity contribution is -0.169. The summed E-state index contributed by atoms with van der Waals surface area (Å²) in [5.41, 5.74) is 1.93. The van der Waals surface area contributed by atoms with Crippen molar-refractivity contribution in [3.05, 3.63) is 35.9 Å². The van der Waals surface area contributed by atoms with Crippen molar-refractivity contribution in [2.24, 2.45) is 46.3 Å². The summed E-state index contributed by atoms with van der Waals surface area (Å²) >= 11 is 0. The summed E-state index contributed by atoms with van der Waals surface area (Å²) in [7, 11) is 0. The van der Waals surface area contributed by atoms with Gasteiger partial charge in [0.15, 0.2) is 0 Å². The van der Waals surface area contributed by atoms with Crippen LogP contribution >= 0.6 is 0 Å². The number of hydrogen-bond donors (Lipinski definition) is 3. The highest BCUT2D eigenvalue weighted by Gasteiger charge is 2.63. The van der Waals surface area contributed by atoms with Gasteiger partial charge in [-0.25, -0.2) is 0 Å². The minimum absolute atomic E-state index is 0.119. The van der Waals surface area contributed by atoms with Crippen LogP contribution in [-0.2, 0) is 6.54 Å². The number of rotatable bonds is 13. The molecule has 1 aromatic rings. The van der Waals surface area contributed by atoms with Crippen LogP contribution in [0.25, 0.3) is 0 Å². The molecule has 4 nitrogen and oxygen atoms in total. The molecule has 10 atom stereocenters. The van der Waals surface area contributed by atoms with Crippen LogP contribution < -0.4 is 10.6 Å².